The summed E-state index contributed by atoms with van der Waals surface area (Å²) in [4.78, 5) is 54.2. The molecule has 0 aromatic carbocycles. The number of carbonyl (C=O) groups is 2. The Hall–Kier alpha value is -3.44. The number of aromatic nitrogens is 4. The van der Waals surface area contributed by atoms with E-state index in [1.807, 2.05) is 6.92 Å². The van der Waals surface area contributed by atoms with Crippen LogP contribution >= 0.6 is 0 Å². The molecule has 12 heteroatoms. The molecule has 162 valence electrons. The molecule has 0 saturated carbocycles. The highest BCUT2D eigenvalue weighted by molar-refractivity contribution is 5.92. The van der Waals surface area contributed by atoms with E-state index < -0.39 is 29.7 Å². The van der Waals surface area contributed by atoms with Crippen LogP contribution in [0.3, 0.4) is 0 Å². The summed E-state index contributed by atoms with van der Waals surface area (Å²) in [5.41, 5.74) is -0.468. The number of esters is 2. The molecule has 0 unspecified atom stereocenters. The number of nitrogens with zero attached hydrogens (tertiary/aromatic N) is 6. The smallest absolute Gasteiger partial charge is 0.333 e. The Morgan fingerprint density at radius 3 is 2.27 bits per heavy atom. The zero-order chi connectivity index (χ0) is 22.2. The van der Waals surface area contributed by atoms with Crippen LogP contribution in [0.2, 0.25) is 0 Å². The standard InChI is InChI=1S/C18H24N6O6/c1-6-29-12(25)8-22-16(27)14-15(21(5)18(22)28)19-17-23(9-13(26)30-7-2)20-10(3)11(4)24(14)17/h11H,6-9H2,1-5H3/t11-/m1/s1. The van der Waals surface area contributed by atoms with Crippen molar-refractivity contribution >= 4 is 34.8 Å². The van der Waals surface area contributed by atoms with Gasteiger partial charge in [-0.05, 0) is 27.7 Å². The Morgan fingerprint density at radius 2 is 1.67 bits per heavy atom. The quantitative estimate of drug-likeness (QED) is 0.587. The van der Waals surface area contributed by atoms with Gasteiger partial charge < -0.3 is 9.47 Å². The van der Waals surface area contributed by atoms with Gasteiger partial charge in [0.15, 0.2) is 11.2 Å². The lowest BCUT2D eigenvalue weighted by Crippen LogP contribution is -2.42. The minimum Gasteiger partial charge on any atom is -0.465 e. The molecule has 1 aliphatic rings. The van der Waals surface area contributed by atoms with Gasteiger partial charge in [0.2, 0.25) is 5.95 Å². The SMILES string of the molecule is CCOC(=O)CN1N=C(C)[C@@H](C)n2c1nc1c2c(=O)n(CC(=O)OCC)c(=O)n1C. The first-order valence-electron chi connectivity index (χ1n) is 9.56. The zero-order valence-electron chi connectivity index (χ0n) is 17.5. The summed E-state index contributed by atoms with van der Waals surface area (Å²) in [5, 5.41) is 5.73. The third-order valence-electron chi connectivity index (χ3n) is 4.84. The second-order valence-corrected chi connectivity index (χ2v) is 6.77. The van der Waals surface area contributed by atoms with Crippen LogP contribution in [0.4, 0.5) is 5.95 Å². The Kier molecular flexibility index (Phi) is 5.76. The molecule has 0 N–H and O–H groups in total. The summed E-state index contributed by atoms with van der Waals surface area (Å²) in [6, 6.07) is -0.357. The molecule has 3 heterocycles. The van der Waals surface area contributed by atoms with E-state index in [0.29, 0.717) is 5.71 Å². The Morgan fingerprint density at radius 1 is 1.07 bits per heavy atom. The third-order valence-corrected chi connectivity index (χ3v) is 4.84. The van der Waals surface area contributed by atoms with Crippen LogP contribution in [-0.4, -0.2) is 56.1 Å². The average molecular weight is 420 g/mol. The van der Waals surface area contributed by atoms with E-state index >= 15 is 0 Å². The highest BCUT2D eigenvalue weighted by Crippen LogP contribution is 2.29. The maximum atomic E-state index is 13.2. The lowest BCUT2D eigenvalue weighted by molar-refractivity contribution is -0.144. The van der Waals surface area contributed by atoms with Crippen molar-refractivity contribution in [3.05, 3.63) is 20.8 Å². The number of hydrogen-bond donors (Lipinski definition) is 0. The highest BCUT2D eigenvalue weighted by atomic mass is 16.5. The Bertz CT molecular complexity index is 1160. The van der Waals surface area contributed by atoms with Crippen LogP contribution in [-0.2, 0) is 32.7 Å². The number of ether oxygens (including phenoxy) is 2. The van der Waals surface area contributed by atoms with E-state index in [-0.39, 0.29) is 42.9 Å². The van der Waals surface area contributed by atoms with Gasteiger partial charge in [-0.25, -0.2) is 14.4 Å². The zero-order valence-corrected chi connectivity index (χ0v) is 17.5. The number of hydrogen-bond acceptors (Lipinski definition) is 9. The number of rotatable bonds is 6. The van der Waals surface area contributed by atoms with Crippen molar-refractivity contribution in [2.24, 2.45) is 12.1 Å². The third kappa shape index (κ3) is 3.48. The Balaban J connectivity index is 2.22. The van der Waals surface area contributed by atoms with Crippen molar-refractivity contribution < 1.29 is 19.1 Å². The summed E-state index contributed by atoms with van der Waals surface area (Å²) >= 11 is 0. The van der Waals surface area contributed by atoms with Crippen LogP contribution in [0.1, 0.15) is 33.7 Å². The topological polar surface area (TPSA) is 130 Å². The highest BCUT2D eigenvalue weighted by Gasteiger charge is 2.32. The molecule has 2 aromatic heterocycles. The molecule has 0 amide bonds. The van der Waals surface area contributed by atoms with E-state index in [1.165, 1.54) is 16.6 Å². The van der Waals surface area contributed by atoms with Gasteiger partial charge in [0.1, 0.15) is 13.1 Å². The van der Waals surface area contributed by atoms with Gasteiger partial charge in [-0.3, -0.25) is 23.5 Å². The first-order chi connectivity index (χ1) is 14.2. The van der Waals surface area contributed by atoms with Crippen molar-refractivity contribution in [2.45, 2.75) is 40.3 Å². The van der Waals surface area contributed by atoms with Gasteiger partial charge in [0, 0.05) is 7.05 Å². The molecule has 0 radical (unpaired) electrons. The second kappa shape index (κ2) is 8.13. The summed E-state index contributed by atoms with van der Waals surface area (Å²) in [6.45, 7) is 6.56. The molecule has 1 atom stereocenters. The monoisotopic (exact) mass is 420 g/mol. The summed E-state index contributed by atoms with van der Waals surface area (Å²) in [6.07, 6.45) is 0. The summed E-state index contributed by atoms with van der Waals surface area (Å²) in [5.74, 6) is -0.961. The predicted molar refractivity (Wildman–Crippen MR) is 108 cm³/mol. The fraction of sp³-hybridized carbons (Fsp3) is 0.556. The molecule has 0 spiro atoms. The van der Waals surface area contributed by atoms with Crippen molar-refractivity contribution in [3.8, 4) is 0 Å². The number of aryl methyl sites for hydroxylation is 1. The minimum atomic E-state index is -0.696. The number of fused-ring (bicyclic) bond motifs is 3. The van der Waals surface area contributed by atoms with Gasteiger partial charge in [-0.15, -0.1) is 0 Å². The first kappa shape index (κ1) is 21.3. The fourth-order valence-electron chi connectivity index (χ4n) is 3.29. The van der Waals surface area contributed by atoms with Gasteiger partial charge in [0.05, 0.1) is 25.0 Å². The number of anilines is 1. The van der Waals surface area contributed by atoms with Crippen LogP contribution < -0.4 is 16.3 Å². The van der Waals surface area contributed by atoms with Crippen LogP contribution in [0.15, 0.2) is 14.7 Å². The molecule has 0 bridgehead atoms. The molecule has 3 rings (SSSR count). The minimum absolute atomic E-state index is 0.130. The van der Waals surface area contributed by atoms with Gasteiger partial charge in [-0.2, -0.15) is 10.1 Å². The maximum Gasteiger partial charge on any atom is 0.333 e. The molecule has 0 aliphatic carbocycles. The fourth-order valence-corrected chi connectivity index (χ4v) is 3.29. The predicted octanol–water partition coefficient (Wildman–Crippen LogP) is -0.220. The molecule has 2 aromatic rings. The van der Waals surface area contributed by atoms with Crippen LogP contribution in [0.25, 0.3) is 11.2 Å². The number of imidazole rings is 1. The van der Waals surface area contributed by atoms with Gasteiger partial charge >= 0.3 is 17.6 Å². The van der Waals surface area contributed by atoms with Crippen molar-refractivity contribution in [3.63, 3.8) is 0 Å². The van der Waals surface area contributed by atoms with E-state index in [0.717, 1.165) is 4.57 Å². The van der Waals surface area contributed by atoms with E-state index in [9.17, 15) is 19.2 Å². The van der Waals surface area contributed by atoms with Gasteiger partial charge in [-0.1, -0.05) is 0 Å². The van der Waals surface area contributed by atoms with E-state index in [4.69, 9.17) is 9.47 Å². The summed E-state index contributed by atoms with van der Waals surface area (Å²) in [7, 11) is 1.46. The summed E-state index contributed by atoms with van der Waals surface area (Å²) < 4.78 is 13.5. The molecule has 30 heavy (non-hydrogen) atoms. The molecular weight excluding hydrogens is 396 g/mol. The molecule has 0 saturated heterocycles. The lowest BCUT2D eigenvalue weighted by atomic mass is 10.2. The largest absolute Gasteiger partial charge is 0.465 e. The average Bonchev–Trinajstić information content (AvgIpc) is 3.09. The van der Waals surface area contributed by atoms with Crippen molar-refractivity contribution in [1.82, 2.24) is 18.7 Å². The number of hydrazone groups is 1. The number of carbonyl (C=O) groups excluding carboxylic acids is 2. The molecule has 1 aliphatic heterocycles. The van der Waals surface area contributed by atoms with Gasteiger partial charge in [0.25, 0.3) is 5.56 Å². The maximum absolute atomic E-state index is 13.2. The van der Waals surface area contributed by atoms with E-state index in [2.05, 4.69) is 10.1 Å². The second-order valence-electron chi connectivity index (χ2n) is 6.77. The van der Waals surface area contributed by atoms with Crippen LogP contribution in [0.5, 0.6) is 0 Å². The molecular formula is C18H24N6O6. The molecule has 12 nitrogen and oxygen atoms in total. The van der Waals surface area contributed by atoms with Crippen molar-refractivity contribution in [2.75, 3.05) is 24.8 Å². The van der Waals surface area contributed by atoms with Crippen LogP contribution in [0, 0.1) is 0 Å². The van der Waals surface area contributed by atoms with Crippen molar-refractivity contribution in [1.29, 1.82) is 0 Å². The Labute approximate surface area is 171 Å². The first-order valence-corrected chi connectivity index (χ1v) is 9.56. The normalized spacial score (nSPS) is 15.7. The molecule has 0 fully saturated rings. The van der Waals surface area contributed by atoms with E-state index in [1.54, 1.807) is 25.3 Å². The lowest BCUT2D eigenvalue weighted by Gasteiger charge is -2.28.